The summed E-state index contributed by atoms with van der Waals surface area (Å²) >= 11 is 0. The van der Waals surface area contributed by atoms with Crippen molar-refractivity contribution in [2.45, 2.75) is 51.2 Å². The second-order valence-electron chi connectivity index (χ2n) is 5.29. The number of nitrogens with zero attached hydrogens (tertiary/aromatic N) is 2. The Morgan fingerprint density at radius 3 is 2.85 bits per heavy atom. The summed E-state index contributed by atoms with van der Waals surface area (Å²) < 4.78 is 1.81. The first kappa shape index (κ1) is 15.8. The molecule has 1 aromatic rings. The van der Waals surface area contributed by atoms with Gasteiger partial charge in [-0.1, -0.05) is 28.0 Å². The van der Waals surface area contributed by atoms with Crippen LogP contribution in [0.3, 0.4) is 0 Å². The van der Waals surface area contributed by atoms with Gasteiger partial charge in [-0.25, -0.2) is 0 Å². The average Bonchev–Trinajstić information content (AvgIpc) is 3.00. The van der Waals surface area contributed by atoms with E-state index in [1.54, 1.807) is 4.68 Å². The number of carbonyl (C=O) groups is 1. The third-order valence-corrected chi connectivity index (χ3v) is 6.69. The fourth-order valence-corrected chi connectivity index (χ4v) is 5.41. The molecule has 6 heteroatoms. The number of rotatable bonds is 6. The Hall–Kier alpha value is -0.620. The topological polar surface area (TPSA) is 46.9 Å². The van der Waals surface area contributed by atoms with Gasteiger partial charge < -0.3 is 5.32 Å². The first-order chi connectivity index (χ1) is 9.58. The predicted octanol–water partition coefficient (Wildman–Crippen LogP) is 3.69. The number of aryl methyl sites for hydroxylation is 2. The smallest absolute Gasteiger partial charge is 0.224 e. The van der Waals surface area contributed by atoms with Gasteiger partial charge in [0.15, 0.2) is 0 Å². The quantitative estimate of drug-likeness (QED) is 0.643. The van der Waals surface area contributed by atoms with Crippen LogP contribution in [0.4, 0.5) is 5.69 Å². The van der Waals surface area contributed by atoms with Crippen LogP contribution in [-0.2, 0) is 11.8 Å². The van der Waals surface area contributed by atoms with E-state index in [2.05, 4.69) is 10.4 Å². The van der Waals surface area contributed by atoms with Crippen molar-refractivity contribution in [3.8, 4) is 0 Å². The van der Waals surface area contributed by atoms with Gasteiger partial charge >= 0.3 is 0 Å². The van der Waals surface area contributed by atoms with Crippen LogP contribution < -0.4 is 5.32 Å². The molecule has 1 fully saturated rings. The molecule has 4 nitrogen and oxygen atoms in total. The Balaban J connectivity index is 1.69. The lowest BCUT2D eigenvalue weighted by atomic mass is 10.1. The van der Waals surface area contributed by atoms with Crippen molar-refractivity contribution in [3.63, 3.8) is 0 Å². The van der Waals surface area contributed by atoms with Crippen LogP contribution in [-0.4, -0.2) is 26.7 Å². The fraction of sp³-hybridized carbons (Fsp3) is 0.714. The first-order valence-electron chi connectivity index (χ1n) is 7.16. The molecule has 2 rings (SSSR count). The number of unbranched alkanes of at least 4 members (excludes halogenated alkanes) is 1. The van der Waals surface area contributed by atoms with Crippen molar-refractivity contribution in [2.24, 2.45) is 7.05 Å². The molecule has 1 aliphatic heterocycles. The van der Waals surface area contributed by atoms with Crippen LogP contribution in [0.15, 0.2) is 0 Å². The predicted molar refractivity (Wildman–Crippen MR) is 88.2 cm³/mol. The number of carbonyl (C=O) groups excluding carboxylic acids is 1. The largest absolute Gasteiger partial charge is 0.323 e. The molecule has 1 amide bonds. The Morgan fingerprint density at radius 2 is 2.25 bits per heavy atom. The molecule has 20 heavy (non-hydrogen) atoms. The number of hydrogen-bond acceptors (Lipinski definition) is 4. The molecule has 0 spiro atoms. The van der Waals surface area contributed by atoms with Crippen molar-refractivity contribution < 1.29 is 4.79 Å². The minimum Gasteiger partial charge on any atom is -0.323 e. The molecule has 1 aromatic heterocycles. The van der Waals surface area contributed by atoms with Gasteiger partial charge in [-0.05, 0) is 33.1 Å². The molecule has 1 atom stereocenters. The summed E-state index contributed by atoms with van der Waals surface area (Å²) in [4.78, 5) is 12.0. The molecule has 112 valence electrons. The highest BCUT2D eigenvalue weighted by Crippen LogP contribution is 2.39. The SMILES string of the molecule is Cc1nn(C)c(C)c1NC(=O)CCCCC1CCSS1. The zero-order chi connectivity index (χ0) is 14.5. The zero-order valence-electron chi connectivity index (χ0n) is 12.4. The molecule has 1 aliphatic rings. The van der Waals surface area contributed by atoms with Crippen molar-refractivity contribution in [1.29, 1.82) is 0 Å². The lowest BCUT2D eigenvalue weighted by Gasteiger charge is -2.08. The minimum atomic E-state index is 0.109. The van der Waals surface area contributed by atoms with Gasteiger partial charge in [0.05, 0.1) is 17.1 Å². The van der Waals surface area contributed by atoms with E-state index in [4.69, 9.17) is 0 Å². The first-order valence-corrected chi connectivity index (χ1v) is 9.54. The van der Waals surface area contributed by atoms with E-state index < -0.39 is 0 Å². The van der Waals surface area contributed by atoms with E-state index in [1.165, 1.54) is 18.6 Å². The molecule has 0 bridgehead atoms. The van der Waals surface area contributed by atoms with Crippen molar-refractivity contribution in [3.05, 3.63) is 11.4 Å². The summed E-state index contributed by atoms with van der Waals surface area (Å²) in [6.45, 7) is 3.90. The molecule has 0 radical (unpaired) electrons. The van der Waals surface area contributed by atoms with E-state index >= 15 is 0 Å². The Labute approximate surface area is 128 Å². The molecule has 0 aliphatic carbocycles. The molecule has 1 saturated heterocycles. The third kappa shape index (κ3) is 4.19. The number of anilines is 1. The van der Waals surface area contributed by atoms with Gasteiger partial charge in [0.25, 0.3) is 0 Å². The van der Waals surface area contributed by atoms with Gasteiger partial charge in [-0.15, -0.1) is 0 Å². The third-order valence-electron chi connectivity index (χ3n) is 3.68. The molecular weight excluding hydrogens is 290 g/mol. The highest BCUT2D eigenvalue weighted by Gasteiger charge is 2.16. The standard InChI is InChI=1S/C14H23N3OS2/c1-10-14(11(2)17(3)16-10)15-13(18)7-5-4-6-12-8-9-19-20-12/h12H,4-9H2,1-3H3,(H,15,18). The highest BCUT2D eigenvalue weighted by atomic mass is 33.1. The van der Waals surface area contributed by atoms with Gasteiger partial charge in [-0.3, -0.25) is 9.48 Å². The second-order valence-corrected chi connectivity index (χ2v) is 8.08. The van der Waals surface area contributed by atoms with Crippen LogP contribution in [0.2, 0.25) is 0 Å². The summed E-state index contributed by atoms with van der Waals surface area (Å²) in [6.07, 6.45) is 5.31. The maximum absolute atomic E-state index is 12.0. The number of amides is 1. The van der Waals surface area contributed by atoms with Gasteiger partial charge in [0, 0.05) is 24.5 Å². The number of aromatic nitrogens is 2. The van der Waals surface area contributed by atoms with Crippen molar-refractivity contribution in [2.75, 3.05) is 11.1 Å². The monoisotopic (exact) mass is 313 g/mol. The molecule has 1 unspecified atom stereocenters. The lowest BCUT2D eigenvalue weighted by Crippen LogP contribution is -2.12. The van der Waals surface area contributed by atoms with Gasteiger partial charge in [-0.2, -0.15) is 5.10 Å². The maximum atomic E-state index is 12.0. The fourth-order valence-electron chi connectivity index (χ4n) is 2.38. The van der Waals surface area contributed by atoms with Crippen LogP contribution >= 0.6 is 21.6 Å². The van der Waals surface area contributed by atoms with Crippen molar-refractivity contribution >= 4 is 33.2 Å². The molecular formula is C14H23N3OS2. The number of hydrogen-bond donors (Lipinski definition) is 1. The van der Waals surface area contributed by atoms with E-state index in [1.807, 2.05) is 42.5 Å². The van der Waals surface area contributed by atoms with E-state index in [9.17, 15) is 4.79 Å². The van der Waals surface area contributed by atoms with E-state index in [0.29, 0.717) is 6.42 Å². The van der Waals surface area contributed by atoms with Crippen LogP contribution in [0, 0.1) is 13.8 Å². The number of nitrogens with one attached hydrogen (secondary N) is 1. The summed E-state index contributed by atoms with van der Waals surface area (Å²) in [5.74, 6) is 1.40. The Bertz CT molecular complexity index is 467. The van der Waals surface area contributed by atoms with Crippen LogP contribution in [0.25, 0.3) is 0 Å². The Morgan fingerprint density at radius 1 is 1.45 bits per heavy atom. The normalized spacial score (nSPS) is 18.4. The average molecular weight is 313 g/mol. The summed E-state index contributed by atoms with van der Waals surface area (Å²) in [5.41, 5.74) is 2.77. The summed E-state index contributed by atoms with van der Waals surface area (Å²) in [6, 6.07) is 0. The zero-order valence-corrected chi connectivity index (χ0v) is 14.1. The van der Waals surface area contributed by atoms with Gasteiger partial charge in [0.2, 0.25) is 5.91 Å². The van der Waals surface area contributed by atoms with Gasteiger partial charge in [0.1, 0.15) is 0 Å². The van der Waals surface area contributed by atoms with Crippen molar-refractivity contribution in [1.82, 2.24) is 9.78 Å². The molecule has 1 N–H and O–H groups in total. The maximum Gasteiger partial charge on any atom is 0.224 e. The molecule has 0 aromatic carbocycles. The second kappa shape index (κ2) is 7.41. The Kier molecular flexibility index (Phi) is 5.84. The van der Waals surface area contributed by atoms with E-state index in [-0.39, 0.29) is 5.91 Å². The van der Waals surface area contributed by atoms with Crippen LogP contribution in [0.5, 0.6) is 0 Å². The molecule has 0 saturated carbocycles. The van der Waals surface area contributed by atoms with E-state index in [0.717, 1.165) is 35.2 Å². The lowest BCUT2D eigenvalue weighted by molar-refractivity contribution is -0.116. The highest BCUT2D eigenvalue weighted by molar-refractivity contribution is 8.77. The van der Waals surface area contributed by atoms with Crippen LogP contribution in [0.1, 0.15) is 43.5 Å². The summed E-state index contributed by atoms with van der Waals surface area (Å²) in [5, 5.41) is 8.12. The summed E-state index contributed by atoms with van der Waals surface area (Å²) in [7, 11) is 5.90. The molecule has 2 heterocycles. The minimum absolute atomic E-state index is 0.109.